The molecule has 1 aromatic carbocycles. The van der Waals surface area contributed by atoms with Crippen molar-refractivity contribution in [1.29, 1.82) is 0 Å². The number of nitrogens with one attached hydrogen (secondary N) is 1. The molecule has 0 aromatic heterocycles. The summed E-state index contributed by atoms with van der Waals surface area (Å²) in [6, 6.07) is 6.40. The maximum absolute atomic E-state index is 6.00. The van der Waals surface area contributed by atoms with Gasteiger partial charge in [-0.3, -0.25) is 0 Å². The second-order valence-electron chi connectivity index (χ2n) is 4.79. The van der Waals surface area contributed by atoms with E-state index in [9.17, 15) is 0 Å². The molecule has 0 aliphatic carbocycles. The highest BCUT2D eigenvalue weighted by Gasteiger charge is 2.21. The molecule has 0 radical (unpaired) electrons. The summed E-state index contributed by atoms with van der Waals surface area (Å²) >= 11 is 0. The van der Waals surface area contributed by atoms with Crippen LogP contribution in [0.3, 0.4) is 0 Å². The SMILES string of the molecule is CN1CCC(Oc2ccc3c(c2)CCN3)C1. The van der Waals surface area contributed by atoms with Crippen LogP contribution in [0.5, 0.6) is 5.75 Å². The van der Waals surface area contributed by atoms with Gasteiger partial charge < -0.3 is 15.0 Å². The van der Waals surface area contributed by atoms with Crippen LogP contribution in [-0.2, 0) is 6.42 Å². The highest BCUT2D eigenvalue weighted by Crippen LogP contribution is 2.27. The predicted octanol–water partition coefficient (Wildman–Crippen LogP) is 1.74. The molecule has 1 unspecified atom stereocenters. The normalized spacial score (nSPS) is 24.2. The van der Waals surface area contributed by atoms with E-state index in [-0.39, 0.29) is 0 Å². The van der Waals surface area contributed by atoms with Crippen molar-refractivity contribution in [3.8, 4) is 5.75 Å². The molecule has 0 spiro atoms. The first kappa shape index (κ1) is 9.97. The van der Waals surface area contributed by atoms with E-state index in [0.717, 1.165) is 38.2 Å². The maximum atomic E-state index is 6.00. The highest BCUT2D eigenvalue weighted by atomic mass is 16.5. The lowest BCUT2D eigenvalue weighted by Gasteiger charge is -2.14. The fraction of sp³-hybridized carbons (Fsp3) is 0.538. The van der Waals surface area contributed by atoms with Crippen molar-refractivity contribution in [1.82, 2.24) is 4.90 Å². The molecule has 0 saturated carbocycles. The molecule has 2 heterocycles. The van der Waals surface area contributed by atoms with E-state index in [1.807, 2.05) is 0 Å². The Hall–Kier alpha value is -1.22. The Kier molecular flexibility index (Phi) is 2.48. The summed E-state index contributed by atoms with van der Waals surface area (Å²) in [6.07, 6.45) is 2.64. The largest absolute Gasteiger partial charge is 0.489 e. The molecule has 0 bridgehead atoms. The molecule has 86 valence electrons. The van der Waals surface area contributed by atoms with E-state index in [2.05, 4.69) is 35.5 Å². The van der Waals surface area contributed by atoms with Gasteiger partial charge in [-0.2, -0.15) is 0 Å². The predicted molar refractivity (Wildman–Crippen MR) is 65.2 cm³/mol. The number of hydrogen-bond donors (Lipinski definition) is 1. The molecule has 16 heavy (non-hydrogen) atoms. The summed E-state index contributed by atoms with van der Waals surface area (Å²) in [5.41, 5.74) is 2.67. The number of hydrogen-bond acceptors (Lipinski definition) is 3. The van der Waals surface area contributed by atoms with E-state index >= 15 is 0 Å². The van der Waals surface area contributed by atoms with Gasteiger partial charge in [-0.1, -0.05) is 0 Å². The second-order valence-corrected chi connectivity index (χ2v) is 4.79. The minimum absolute atomic E-state index is 0.373. The van der Waals surface area contributed by atoms with E-state index in [1.165, 1.54) is 11.3 Å². The third kappa shape index (κ3) is 1.87. The molecule has 2 aliphatic heterocycles. The zero-order chi connectivity index (χ0) is 11.0. The molecule has 1 saturated heterocycles. The van der Waals surface area contributed by atoms with E-state index < -0.39 is 0 Å². The molecule has 0 amide bonds. The van der Waals surface area contributed by atoms with E-state index in [4.69, 9.17) is 4.74 Å². The van der Waals surface area contributed by atoms with Gasteiger partial charge >= 0.3 is 0 Å². The Balaban J connectivity index is 1.71. The summed E-state index contributed by atoms with van der Waals surface area (Å²) in [5.74, 6) is 1.03. The Morgan fingerprint density at radius 1 is 1.44 bits per heavy atom. The number of nitrogens with zero attached hydrogens (tertiary/aromatic N) is 1. The Labute approximate surface area is 96.4 Å². The van der Waals surface area contributed by atoms with Gasteiger partial charge in [0.1, 0.15) is 11.9 Å². The summed E-state index contributed by atoms with van der Waals surface area (Å²) in [7, 11) is 2.15. The fourth-order valence-electron chi connectivity index (χ4n) is 2.54. The summed E-state index contributed by atoms with van der Waals surface area (Å²) in [4.78, 5) is 2.32. The average Bonchev–Trinajstić information content (AvgIpc) is 2.87. The molecule has 3 nitrogen and oxygen atoms in total. The minimum Gasteiger partial charge on any atom is -0.489 e. The number of likely N-dealkylation sites (tertiary alicyclic amines) is 1. The lowest BCUT2D eigenvalue weighted by atomic mass is 10.1. The number of fused-ring (bicyclic) bond motifs is 1. The lowest BCUT2D eigenvalue weighted by Crippen LogP contribution is -2.21. The van der Waals surface area contributed by atoms with Crippen LogP contribution in [0, 0.1) is 0 Å². The van der Waals surface area contributed by atoms with Gasteiger partial charge in [0.2, 0.25) is 0 Å². The monoisotopic (exact) mass is 218 g/mol. The third-order valence-corrected chi connectivity index (χ3v) is 3.44. The first-order valence-corrected chi connectivity index (χ1v) is 6.03. The van der Waals surface area contributed by atoms with Crippen LogP contribution in [-0.4, -0.2) is 37.7 Å². The molecule has 1 aromatic rings. The van der Waals surface area contributed by atoms with Crippen molar-refractivity contribution in [2.45, 2.75) is 18.9 Å². The summed E-state index contributed by atoms with van der Waals surface area (Å²) < 4.78 is 6.00. The van der Waals surface area contributed by atoms with Gasteiger partial charge in [-0.25, -0.2) is 0 Å². The number of ether oxygens (including phenoxy) is 1. The number of likely N-dealkylation sites (N-methyl/N-ethyl adjacent to an activating group) is 1. The Morgan fingerprint density at radius 3 is 3.19 bits per heavy atom. The average molecular weight is 218 g/mol. The third-order valence-electron chi connectivity index (χ3n) is 3.44. The van der Waals surface area contributed by atoms with Crippen molar-refractivity contribution < 1.29 is 4.74 Å². The van der Waals surface area contributed by atoms with Crippen molar-refractivity contribution in [3.63, 3.8) is 0 Å². The van der Waals surface area contributed by atoms with Gasteiger partial charge in [0.15, 0.2) is 0 Å². The first-order valence-electron chi connectivity index (χ1n) is 6.03. The molecule has 1 fully saturated rings. The zero-order valence-electron chi connectivity index (χ0n) is 9.70. The maximum Gasteiger partial charge on any atom is 0.120 e. The number of rotatable bonds is 2. The molecule has 1 N–H and O–H groups in total. The highest BCUT2D eigenvalue weighted by molar-refractivity contribution is 5.57. The van der Waals surface area contributed by atoms with Crippen LogP contribution in [0.4, 0.5) is 5.69 Å². The van der Waals surface area contributed by atoms with Gasteiger partial charge in [-0.05, 0) is 43.7 Å². The summed E-state index contributed by atoms with van der Waals surface area (Å²) in [6.45, 7) is 3.26. The Bertz CT molecular complexity index is 392. The van der Waals surface area contributed by atoms with Crippen LogP contribution in [0.15, 0.2) is 18.2 Å². The van der Waals surface area contributed by atoms with Crippen LogP contribution in [0.25, 0.3) is 0 Å². The Morgan fingerprint density at radius 2 is 2.38 bits per heavy atom. The molecule has 3 rings (SSSR count). The van der Waals surface area contributed by atoms with Crippen LogP contribution in [0.2, 0.25) is 0 Å². The fourth-order valence-corrected chi connectivity index (χ4v) is 2.54. The standard InChI is InChI=1S/C13H18N2O/c1-15-7-5-12(9-15)16-11-2-3-13-10(8-11)4-6-14-13/h2-3,8,12,14H,4-7,9H2,1H3. The summed E-state index contributed by atoms with van der Waals surface area (Å²) in [5, 5.41) is 3.36. The van der Waals surface area contributed by atoms with Crippen LogP contribution < -0.4 is 10.1 Å². The van der Waals surface area contributed by atoms with Crippen molar-refractivity contribution in [3.05, 3.63) is 23.8 Å². The smallest absolute Gasteiger partial charge is 0.120 e. The van der Waals surface area contributed by atoms with Gasteiger partial charge in [0.25, 0.3) is 0 Å². The quantitative estimate of drug-likeness (QED) is 0.818. The number of anilines is 1. The molecular formula is C13H18N2O. The molecule has 2 aliphatic rings. The van der Waals surface area contributed by atoms with Gasteiger partial charge in [0, 0.05) is 25.3 Å². The first-order chi connectivity index (χ1) is 7.81. The molecule has 1 atom stereocenters. The van der Waals surface area contributed by atoms with Crippen LogP contribution in [0.1, 0.15) is 12.0 Å². The zero-order valence-corrected chi connectivity index (χ0v) is 9.70. The van der Waals surface area contributed by atoms with Crippen molar-refractivity contribution >= 4 is 5.69 Å². The van der Waals surface area contributed by atoms with Crippen molar-refractivity contribution in [2.75, 3.05) is 32.0 Å². The minimum atomic E-state index is 0.373. The second kappa shape index (κ2) is 3.98. The topological polar surface area (TPSA) is 24.5 Å². The number of benzene rings is 1. The molecular weight excluding hydrogens is 200 g/mol. The van der Waals surface area contributed by atoms with E-state index in [0.29, 0.717) is 6.10 Å². The van der Waals surface area contributed by atoms with Gasteiger partial charge in [0.05, 0.1) is 0 Å². The van der Waals surface area contributed by atoms with Gasteiger partial charge in [-0.15, -0.1) is 0 Å². The van der Waals surface area contributed by atoms with Crippen molar-refractivity contribution in [2.24, 2.45) is 0 Å². The lowest BCUT2D eigenvalue weighted by molar-refractivity contribution is 0.208. The molecule has 3 heteroatoms. The van der Waals surface area contributed by atoms with Crippen LogP contribution >= 0.6 is 0 Å². The van der Waals surface area contributed by atoms with E-state index in [1.54, 1.807) is 0 Å².